The van der Waals surface area contributed by atoms with Gasteiger partial charge in [-0.15, -0.1) is 0 Å². The van der Waals surface area contributed by atoms with Gasteiger partial charge in [0, 0.05) is 6.61 Å². The lowest BCUT2D eigenvalue weighted by Gasteiger charge is -2.11. The fourth-order valence-corrected chi connectivity index (χ4v) is 0.659. The molecule has 0 bridgehead atoms. The van der Waals surface area contributed by atoms with Gasteiger partial charge < -0.3 is 19.3 Å². The zero-order valence-corrected chi connectivity index (χ0v) is 9.86. The van der Waals surface area contributed by atoms with Crippen LogP contribution in [-0.4, -0.2) is 50.3 Å². The van der Waals surface area contributed by atoms with Gasteiger partial charge in [0.1, 0.15) is 12.2 Å². The Hall–Kier alpha value is -0.160. The van der Waals surface area contributed by atoms with E-state index in [4.69, 9.17) is 19.3 Å². The van der Waals surface area contributed by atoms with Gasteiger partial charge in [0.2, 0.25) is 0 Å². The molecule has 0 aliphatic carbocycles. The molecular formula is C11H22O4. The predicted molar refractivity (Wildman–Crippen MR) is 56.8 cm³/mol. The quantitative estimate of drug-likeness (QED) is 0.710. The van der Waals surface area contributed by atoms with Crippen LogP contribution in [0.4, 0.5) is 0 Å². The number of rotatable bonds is 4. The minimum atomic E-state index is 0.0972. The molecule has 0 amide bonds. The summed E-state index contributed by atoms with van der Waals surface area (Å²) in [5, 5.41) is 8.40. The van der Waals surface area contributed by atoms with Crippen LogP contribution in [0.15, 0.2) is 0 Å². The molecule has 0 spiro atoms. The van der Waals surface area contributed by atoms with Crippen molar-refractivity contribution in [1.29, 1.82) is 0 Å². The Labute approximate surface area is 91.5 Å². The standard InChI is InChI=1S/C6H10O3.C5H12O/c1(5-3-8-5)7-2-6-4-9-6;1-5(2,3)4-6/h5-6H,1-4H2;6H,4H2,1-3H3. The number of aliphatic hydroxyl groups is 1. The van der Waals surface area contributed by atoms with E-state index in [1.807, 2.05) is 20.8 Å². The maximum Gasteiger partial charge on any atom is 0.104 e. The fourth-order valence-electron chi connectivity index (χ4n) is 0.659. The van der Waals surface area contributed by atoms with E-state index in [9.17, 15) is 0 Å². The Morgan fingerprint density at radius 3 is 1.67 bits per heavy atom. The second-order valence-electron chi connectivity index (χ2n) is 5.17. The zero-order chi connectivity index (χ0) is 11.3. The Balaban J connectivity index is 0.000000167. The Morgan fingerprint density at radius 2 is 1.47 bits per heavy atom. The molecule has 0 saturated carbocycles. The first-order valence-electron chi connectivity index (χ1n) is 5.43. The summed E-state index contributed by atoms with van der Waals surface area (Å²) in [6, 6.07) is 0. The molecular weight excluding hydrogens is 196 g/mol. The first-order chi connectivity index (χ1) is 7.01. The molecule has 4 nitrogen and oxygen atoms in total. The van der Waals surface area contributed by atoms with E-state index in [0.717, 1.165) is 26.4 Å². The first-order valence-corrected chi connectivity index (χ1v) is 5.43. The van der Waals surface area contributed by atoms with Gasteiger partial charge in [0.05, 0.1) is 26.4 Å². The van der Waals surface area contributed by atoms with E-state index < -0.39 is 0 Å². The normalized spacial score (nSPS) is 28.0. The van der Waals surface area contributed by atoms with Crippen molar-refractivity contribution < 1.29 is 19.3 Å². The lowest BCUT2D eigenvalue weighted by atomic mass is 9.99. The van der Waals surface area contributed by atoms with Crippen LogP contribution in [0.5, 0.6) is 0 Å². The minimum Gasteiger partial charge on any atom is -0.396 e. The maximum absolute atomic E-state index is 8.40. The molecule has 2 unspecified atom stereocenters. The molecule has 0 aromatic carbocycles. The van der Waals surface area contributed by atoms with E-state index in [1.165, 1.54) is 0 Å². The largest absolute Gasteiger partial charge is 0.396 e. The molecule has 2 saturated heterocycles. The summed E-state index contributed by atoms with van der Waals surface area (Å²) in [4.78, 5) is 0. The summed E-state index contributed by atoms with van der Waals surface area (Å²) in [5.74, 6) is 0. The summed E-state index contributed by atoms with van der Waals surface area (Å²) in [7, 11) is 0. The smallest absolute Gasteiger partial charge is 0.104 e. The number of hydrogen-bond acceptors (Lipinski definition) is 4. The molecule has 2 atom stereocenters. The Bertz CT molecular complexity index is 156. The van der Waals surface area contributed by atoms with Gasteiger partial charge in [-0.05, 0) is 5.41 Å². The third-order valence-corrected chi connectivity index (χ3v) is 1.89. The summed E-state index contributed by atoms with van der Waals surface area (Å²) >= 11 is 0. The van der Waals surface area contributed by atoms with Gasteiger partial charge >= 0.3 is 0 Å². The average molecular weight is 218 g/mol. The van der Waals surface area contributed by atoms with Crippen LogP contribution >= 0.6 is 0 Å². The van der Waals surface area contributed by atoms with Gasteiger partial charge in [-0.3, -0.25) is 0 Å². The third kappa shape index (κ3) is 8.81. The number of hydrogen-bond donors (Lipinski definition) is 1. The summed E-state index contributed by atoms with van der Waals surface area (Å²) in [6.45, 7) is 9.51. The highest BCUT2D eigenvalue weighted by Crippen LogP contribution is 2.12. The molecule has 4 heteroatoms. The lowest BCUT2D eigenvalue weighted by Crippen LogP contribution is -2.09. The van der Waals surface area contributed by atoms with E-state index in [-0.39, 0.29) is 12.0 Å². The summed E-state index contributed by atoms with van der Waals surface area (Å²) in [5.41, 5.74) is 0.0972. The van der Waals surface area contributed by atoms with Crippen molar-refractivity contribution in [2.24, 2.45) is 5.41 Å². The minimum absolute atomic E-state index is 0.0972. The van der Waals surface area contributed by atoms with E-state index in [0.29, 0.717) is 12.2 Å². The van der Waals surface area contributed by atoms with Gasteiger partial charge in [-0.1, -0.05) is 20.8 Å². The fraction of sp³-hybridized carbons (Fsp3) is 1.00. The van der Waals surface area contributed by atoms with Crippen LogP contribution in [0.25, 0.3) is 0 Å². The highest BCUT2D eigenvalue weighted by molar-refractivity contribution is 4.71. The molecule has 1 N–H and O–H groups in total. The molecule has 2 rings (SSSR count). The van der Waals surface area contributed by atoms with E-state index in [1.54, 1.807) is 0 Å². The monoisotopic (exact) mass is 218 g/mol. The van der Waals surface area contributed by atoms with Crippen LogP contribution in [0.3, 0.4) is 0 Å². The van der Waals surface area contributed by atoms with Crippen LogP contribution in [0.1, 0.15) is 20.8 Å². The molecule has 2 heterocycles. The summed E-state index contributed by atoms with van der Waals surface area (Å²) < 4.78 is 15.1. The second kappa shape index (κ2) is 5.80. The SMILES string of the molecule is C(OCC1CO1)C1CO1.CC(C)(C)CO. The predicted octanol–water partition coefficient (Wildman–Crippen LogP) is 0.825. The molecule has 0 aromatic heterocycles. The second-order valence-corrected chi connectivity index (χ2v) is 5.17. The average Bonchev–Trinajstić information content (AvgIpc) is 2.98. The van der Waals surface area contributed by atoms with Gasteiger partial charge in [0.15, 0.2) is 0 Å². The van der Waals surface area contributed by atoms with E-state index in [2.05, 4.69) is 0 Å². The van der Waals surface area contributed by atoms with Crippen molar-refractivity contribution in [1.82, 2.24) is 0 Å². The maximum atomic E-state index is 8.40. The van der Waals surface area contributed by atoms with Gasteiger partial charge in [-0.2, -0.15) is 0 Å². The van der Waals surface area contributed by atoms with Crippen LogP contribution in [-0.2, 0) is 14.2 Å². The molecule has 0 radical (unpaired) electrons. The molecule has 2 aliphatic rings. The zero-order valence-electron chi connectivity index (χ0n) is 9.86. The number of ether oxygens (including phenoxy) is 3. The van der Waals surface area contributed by atoms with Crippen molar-refractivity contribution in [3.63, 3.8) is 0 Å². The van der Waals surface area contributed by atoms with E-state index >= 15 is 0 Å². The van der Waals surface area contributed by atoms with Gasteiger partial charge in [-0.25, -0.2) is 0 Å². The van der Waals surface area contributed by atoms with Crippen LogP contribution < -0.4 is 0 Å². The van der Waals surface area contributed by atoms with Crippen molar-refractivity contribution >= 4 is 0 Å². The first kappa shape index (κ1) is 12.9. The molecule has 0 aromatic rings. The van der Waals surface area contributed by atoms with Gasteiger partial charge in [0.25, 0.3) is 0 Å². The number of epoxide rings is 2. The Morgan fingerprint density at radius 1 is 1.13 bits per heavy atom. The molecule has 90 valence electrons. The topological polar surface area (TPSA) is 54.5 Å². The Kier molecular flexibility index (Phi) is 4.99. The molecule has 2 aliphatic heterocycles. The lowest BCUT2D eigenvalue weighted by molar-refractivity contribution is 0.102. The van der Waals surface area contributed by atoms with Crippen LogP contribution in [0.2, 0.25) is 0 Å². The third-order valence-electron chi connectivity index (χ3n) is 1.89. The van der Waals surface area contributed by atoms with Crippen molar-refractivity contribution in [3.8, 4) is 0 Å². The van der Waals surface area contributed by atoms with Crippen molar-refractivity contribution in [3.05, 3.63) is 0 Å². The summed E-state index contributed by atoms with van der Waals surface area (Å²) in [6.07, 6.45) is 0.785. The van der Waals surface area contributed by atoms with Crippen molar-refractivity contribution in [2.45, 2.75) is 33.0 Å². The van der Waals surface area contributed by atoms with Crippen molar-refractivity contribution in [2.75, 3.05) is 33.0 Å². The van der Waals surface area contributed by atoms with Crippen LogP contribution in [0, 0.1) is 5.41 Å². The highest BCUT2D eigenvalue weighted by atomic mass is 16.6. The highest BCUT2D eigenvalue weighted by Gasteiger charge is 2.26. The molecule has 15 heavy (non-hydrogen) atoms. The molecule has 2 fully saturated rings. The number of aliphatic hydroxyl groups excluding tert-OH is 1.